The van der Waals surface area contributed by atoms with Crippen molar-refractivity contribution < 1.29 is 0 Å². The summed E-state index contributed by atoms with van der Waals surface area (Å²) in [5.74, 6) is 1.56. The number of hydrogen-bond donors (Lipinski definition) is 0. The van der Waals surface area contributed by atoms with E-state index in [0.717, 1.165) is 30.6 Å². The summed E-state index contributed by atoms with van der Waals surface area (Å²) in [7, 11) is 0. The second kappa shape index (κ2) is 4.56. The number of para-hydroxylation sites is 2. The van der Waals surface area contributed by atoms with E-state index in [4.69, 9.17) is 4.98 Å². The van der Waals surface area contributed by atoms with Crippen LogP contribution in [-0.2, 0) is 0 Å². The molecular weight excluding hydrogens is 336 g/mol. The van der Waals surface area contributed by atoms with Gasteiger partial charge in [0.15, 0.2) is 0 Å². The first-order valence-corrected chi connectivity index (χ1v) is 8.57. The molecule has 0 radical (unpaired) electrons. The first-order chi connectivity index (χ1) is 10.8. The van der Waals surface area contributed by atoms with Crippen molar-refractivity contribution in [1.29, 1.82) is 0 Å². The lowest BCUT2D eigenvalue weighted by Gasteiger charge is -2.35. The fourth-order valence-corrected chi connectivity index (χ4v) is 4.32. The van der Waals surface area contributed by atoms with Crippen LogP contribution in [0.25, 0.3) is 22.3 Å². The Hall–Kier alpha value is -1.87. The van der Waals surface area contributed by atoms with Gasteiger partial charge in [-0.2, -0.15) is 0 Å². The zero-order valence-electron chi connectivity index (χ0n) is 12.1. The van der Waals surface area contributed by atoms with Crippen LogP contribution in [0.5, 0.6) is 0 Å². The lowest BCUT2D eigenvalue weighted by atomic mass is 9.78. The minimum atomic E-state index is 0.440. The smallest absolute Gasteiger partial charge is 0.142 e. The van der Waals surface area contributed by atoms with Crippen molar-refractivity contribution in [3.8, 4) is 0 Å². The van der Waals surface area contributed by atoms with Crippen LogP contribution in [0, 0.1) is 5.92 Å². The van der Waals surface area contributed by atoms with Gasteiger partial charge in [-0.25, -0.2) is 4.98 Å². The minimum Gasteiger partial charge on any atom is -0.293 e. The Morgan fingerprint density at radius 1 is 1.05 bits per heavy atom. The summed E-state index contributed by atoms with van der Waals surface area (Å²) in [6, 6.07) is 8.45. The number of benzene rings is 1. The third-order valence-corrected chi connectivity index (χ3v) is 5.41. The number of rotatable bonds is 0. The van der Waals surface area contributed by atoms with Crippen molar-refractivity contribution in [3.05, 3.63) is 64.4 Å². The molecule has 0 N–H and O–H groups in total. The SMILES string of the molecule is BrC1=CC=C2c3nc4ccccc4n3C3=CCCC=C3C2C1. The lowest BCUT2D eigenvalue weighted by molar-refractivity contribution is 0.741. The van der Waals surface area contributed by atoms with Crippen molar-refractivity contribution in [2.45, 2.75) is 19.3 Å². The predicted octanol–water partition coefficient (Wildman–Crippen LogP) is 5.29. The van der Waals surface area contributed by atoms with Crippen LogP contribution in [0.1, 0.15) is 25.1 Å². The maximum atomic E-state index is 4.94. The Morgan fingerprint density at radius 2 is 1.91 bits per heavy atom. The minimum absolute atomic E-state index is 0.440. The van der Waals surface area contributed by atoms with E-state index in [1.807, 2.05) is 0 Å². The summed E-state index contributed by atoms with van der Waals surface area (Å²) >= 11 is 3.68. The maximum Gasteiger partial charge on any atom is 0.142 e. The van der Waals surface area contributed by atoms with E-state index in [0.29, 0.717) is 5.92 Å². The first-order valence-electron chi connectivity index (χ1n) is 7.78. The van der Waals surface area contributed by atoms with Gasteiger partial charge in [-0.1, -0.05) is 52.4 Å². The van der Waals surface area contributed by atoms with E-state index in [1.54, 1.807) is 0 Å². The molecule has 2 aromatic rings. The molecule has 0 saturated carbocycles. The summed E-state index contributed by atoms with van der Waals surface area (Å²) in [5.41, 5.74) is 6.46. The molecule has 1 atom stereocenters. The molecule has 0 amide bonds. The zero-order valence-corrected chi connectivity index (χ0v) is 13.7. The molecule has 1 aromatic heterocycles. The number of fused-ring (bicyclic) bond motifs is 8. The Morgan fingerprint density at radius 3 is 2.86 bits per heavy atom. The van der Waals surface area contributed by atoms with Crippen LogP contribution >= 0.6 is 15.9 Å². The second-order valence-corrected chi connectivity index (χ2v) is 7.10. The molecule has 2 heterocycles. The van der Waals surface area contributed by atoms with Crippen LogP contribution in [0.15, 0.2) is 58.6 Å². The molecule has 22 heavy (non-hydrogen) atoms. The van der Waals surface area contributed by atoms with Gasteiger partial charge in [-0.3, -0.25) is 4.57 Å². The van der Waals surface area contributed by atoms with E-state index in [9.17, 15) is 0 Å². The van der Waals surface area contributed by atoms with Gasteiger partial charge in [-0.15, -0.1) is 0 Å². The molecule has 3 aliphatic rings. The van der Waals surface area contributed by atoms with Gasteiger partial charge in [0.2, 0.25) is 0 Å². The highest BCUT2D eigenvalue weighted by Gasteiger charge is 2.35. The summed E-state index contributed by atoms with van der Waals surface area (Å²) in [6.45, 7) is 0. The normalized spacial score (nSPS) is 22.9. The Labute approximate surface area is 137 Å². The largest absolute Gasteiger partial charge is 0.293 e. The third-order valence-electron chi connectivity index (χ3n) is 4.82. The number of imidazole rings is 1. The van der Waals surface area contributed by atoms with Crippen LogP contribution in [-0.4, -0.2) is 9.55 Å². The molecule has 1 aliphatic heterocycles. The quantitative estimate of drug-likeness (QED) is 0.630. The van der Waals surface area contributed by atoms with Crippen molar-refractivity contribution >= 4 is 38.2 Å². The zero-order chi connectivity index (χ0) is 14.7. The average molecular weight is 351 g/mol. The maximum absolute atomic E-state index is 4.94. The summed E-state index contributed by atoms with van der Waals surface area (Å²) in [5, 5.41) is 0. The molecule has 2 nitrogen and oxygen atoms in total. The van der Waals surface area contributed by atoms with Crippen molar-refractivity contribution in [1.82, 2.24) is 9.55 Å². The third kappa shape index (κ3) is 1.63. The number of hydrogen-bond acceptors (Lipinski definition) is 1. The van der Waals surface area contributed by atoms with Gasteiger partial charge in [0, 0.05) is 17.2 Å². The highest BCUT2D eigenvalue weighted by Crippen LogP contribution is 2.49. The highest BCUT2D eigenvalue weighted by molar-refractivity contribution is 9.11. The Kier molecular flexibility index (Phi) is 2.62. The summed E-state index contributed by atoms with van der Waals surface area (Å²) < 4.78 is 3.63. The molecule has 0 saturated heterocycles. The molecule has 0 bridgehead atoms. The molecule has 108 valence electrons. The molecule has 1 aromatic carbocycles. The molecule has 1 unspecified atom stereocenters. The molecule has 5 rings (SSSR count). The van der Waals surface area contributed by atoms with Crippen LogP contribution in [0.3, 0.4) is 0 Å². The molecule has 0 fully saturated rings. The van der Waals surface area contributed by atoms with Crippen molar-refractivity contribution in [3.63, 3.8) is 0 Å². The van der Waals surface area contributed by atoms with Crippen molar-refractivity contribution in [2.24, 2.45) is 5.92 Å². The lowest BCUT2D eigenvalue weighted by Crippen LogP contribution is -2.23. The van der Waals surface area contributed by atoms with Gasteiger partial charge in [0.1, 0.15) is 5.82 Å². The monoisotopic (exact) mass is 350 g/mol. The van der Waals surface area contributed by atoms with Crippen LogP contribution < -0.4 is 0 Å². The van der Waals surface area contributed by atoms with Gasteiger partial charge < -0.3 is 0 Å². The van der Waals surface area contributed by atoms with E-state index < -0.39 is 0 Å². The first kappa shape index (κ1) is 12.7. The molecular formula is C19H15BrN2. The van der Waals surface area contributed by atoms with E-state index in [2.05, 4.69) is 69.1 Å². The Balaban J connectivity index is 1.89. The molecule has 3 heteroatoms. The van der Waals surface area contributed by atoms with Gasteiger partial charge >= 0.3 is 0 Å². The van der Waals surface area contributed by atoms with Crippen LogP contribution in [0.4, 0.5) is 0 Å². The standard InChI is InChI=1S/C19H15BrN2/c20-12-9-10-14-15(11-12)13-5-1-3-7-17(13)22-18-8-4-2-6-16(18)21-19(14)22/h2,4-10,15H,1,3,11H2. The Bertz CT molecular complexity index is 924. The number of aromatic nitrogens is 2. The number of allylic oxidation sites excluding steroid dienone is 8. The van der Waals surface area contributed by atoms with E-state index in [-0.39, 0.29) is 0 Å². The molecule has 0 spiro atoms. The molecule has 2 aliphatic carbocycles. The van der Waals surface area contributed by atoms with E-state index in [1.165, 1.54) is 26.8 Å². The average Bonchev–Trinajstić information content (AvgIpc) is 2.94. The van der Waals surface area contributed by atoms with Gasteiger partial charge in [0.05, 0.1) is 11.0 Å². The highest BCUT2D eigenvalue weighted by atomic mass is 79.9. The van der Waals surface area contributed by atoms with Gasteiger partial charge in [0.25, 0.3) is 0 Å². The van der Waals surface area contributed by atoms with Crippen LogP contribution in [0.2, 0.25) is 0 Å². The number of nitrogens with zero attached hydrogens (tertiary/aromatic N) is 2. The fraction of sp³-hybridized carbons (Fsp3) is 0.211. The number of halogens is 1. The van der Waals surface area contributed by atoms with E-state index >= 15 is 0 Å². The van der Waals surface area contributed by atoms with Gasteiger partial charge in [-0.05, 0) is 41.5 Å². The fourth-order valence-electron chi connectivity index (χ4n) is 3.86. The topological polar surface area (TPSA) is 17.8 Å². The van der Waals surface area contributed by atoms with Crippen molar-refractivity contribution in [2.75, 3.05) is 0 Å². The summed E-state index contributed by atoms with van der Waals surface area (Å²) in [6.07, 6.45) is 12.5. The predicted molar refractivity (Wildman–Crippen MR) is 94.4 cm³/mol. The second-order valence-electron chi connectivity index (χ2n) is 6.08. The summed E-state index contributed by atoms with van der Waals surface area (Å²) in [4.78, 5) is 4.94.